The molecule has 0 aliphatic heterocycles. The van der Waals surface area contributed by atoms with E-state index in [4.69, 9.17) is 15.2 Å². The van der Waals surface area contributed by atoms with E-state index >= 15 is 0 Å². The number of rotatable bonds is 6. The fourth-order valence-electron chi connectivity index (χ4n) is 2.37. The highest BCUT2D eigenvalue weighted by atomic mass is 79.9. The smallest absolute Gasteiger partial charge is 0.161 e. The van der Waals surface area contributed by atoms with Crippen LogP contribution in [0, 0.1) is 0 Å². The number of benzene rings is 1. The average molecular weight is 329 g/mol. The molecular formula is C14H21BrN2O2. The van der Waals surface area contributed by atoms with E-state index in [0.29, 0.717) is 12.6 Å². The summed E-state index contributed by atoms with van der Waals surface area (Å²) in [5.74, 6) is 1.46. The number of hydrogen-bond donors (Lipinski definition) is 1. The fourth-order valence-corrected chi connectivity index (χ4v) is 2.96. The monoisotopic (exact) mass is 328 g/mol. The maximum Gasteiger partial charge on any atom is 0.161 e. The molecular weight excluding hydrogens is 308 g/mol. The van der Waals surface area contributed by atoms with Crippen molar-refractivity contribution in [2.24, 2.45) is 5.73 Å². The van der Waals surface area contributed by atoms with Gasteiger partial charge in [-0.05, 0) is 37.6 Å². The molecule has 0 saturated heterocycles. The molecule has 2 N–H and O–H groups in total. The predicted molar refractivity (Wildman–Crippen MR) is 79.8 cm³/mol. The van der Waals surface area contributed by atoms with Crippen molar-refractivity contribution in [1.29, 1.82) is 0 Å². The van der Waals surface area contributed by atoms with Crippen LogP contribution in [0.4, 0.5) is 0 Å². The van der Waals surface area contributed by atoms with Gasteiger partial charge in [-0.1, -0.05) is 15.9 Å². The minimum absolute atomic E-state index is 0.196. The average Bonchev–Trinajstić information content (AvgIpc) is 3.25. The van der Waals surface area contributed by atoms with Gasteiger partial charge in [0.2, 0.25) is 0 Å². The zero-order valence-corrected chi connectivity index (χ0v) is 13.2. The predicted octanol–water partition coefficient (Wildman–Crippen LogP) is 2.56. The molecule has 1 aliphatic rings. The number of methoxy groups -OCH3 is 2. The molecule has 1 atom stereocenters. The minimum Gasteiger partial charge on any atom is -0.493 e. The van der Waals surface area contributed by atoms with Crippen LogP contribution in [0.15, 0.2) is 16.6 Å². The van der Waals surface area contributed by atoms with Gasteiger partial charge in [-0.15, -0.1) is 0 Å². The molecule has 0 aromatic heterocycles. The molecule has 0 bridgehead atoms. The molecule has 0 spiro atoms. The normalized spacial score (nSPS) is 16.5. The van der Waals surface area contributed by atoms with Gasteiger partial charge in [0.1, 0.15) is 0 Å². The Morgan fingerprint density at radius 2 is 1.89 bits per heavy atom. The van der Waals surface area contributed by atoms with Gasteiger partial charge in [0.15, 0.2) is 11.5 Å². The van der Waals surface area contributed by atoms with Gasteiger partial charge in [-0.3, -0.25) is 4.90 Å². The van der Waals surface area contributed by atoms with E-state index < -0.39 is 0 Å². The molecule has 1 fully saturated rings. The maximum atomic E-state index is 5.97. The lowest BCUT2D eigenvalue weighted by atomic mass is 10.0. The molecule has 1 aliphatic carbocycles. The molecule has 0 amide bonds. The Balaban J connectivity index is 2.35. The second-order valence-electron chi connectivity index (χ2n) is 4.88. The van der Waals surface area contributed by atoms with Crippen molar-refractivity contribution >= 4 is 15.9 Å². The van der Waals surface area contributed by atoms with Crippen LogP contribution < -0.4 is 15.2 Å². The van der Waals surface area contributed by atoms with Crippen LogP contribution in [-0.4, -0.2) is 38.8 Å². The first-order valence-electron chi connectivity index (χ1n) is 6.45. The third-order valence-electron chi connectivity index (χ3n) is 3.70. The number of likely N-dealkylation sites (N-methyl/N-ethyl adjacent to an activating group) is 1. The molecule has 19 heavy (non-hydrogen) atoms. The third-order valence-corrected chi connectivity index (χ3v) is 4.39. The van der Waals surface area contributed by atoms with Crippen molar-refractivity contribution < 1.29 is 9.47 Å². The van der Waals surface area contributed by atoms with E-state index in [-0.39, 0.29) is 6.04 Å². The highest BCUT2D eigenvalue weighted by molar-refractivity contribution is 9.10. The zero-order valence-electron chi connectivity index (χ0n) is 11.6. The van der Waals surface area contributed by atoms with Gasteiger partial charge < -0.3 is 15.2 Å². The van der Waals surface area contributed by atoms with E-state index in [1.54, 1.807) is 14.2 Å². The Bertz CT molecular complexity index is 449. The quantitative estimate of drug-likeness (QED) is 0.871. The molecule has 1 saturated carbocycles. The van der Waals surface area contributed by atoms with E-state index in [9.17, 15) is 0 Å². The zero-order chi connectivity index (χ0) is 14.0. The number of ether oxygens (including phenoxy) is 2. The number of nitrogens with zero attached hydrogens (tertiary/aromatic N) is 1. The Morgan fingerprint density at radius 3 is 2.37 bits per heavy atom. The van der Waals surface area contributed by atoms with E-state index in [0.717, 1.165) is 21.5 Å². The lowest BCUT2D eigenvalue weighted by Gasteiger charge is -2.28. The SMILES string of the molecule is COc1cc(Br)c(C(CN)N(C)C2CC2)cc1OC. The van der Waals surface area contributed by atoms with Gasteiger partial charge in [0.25, 0.3) is 0 Å². The summed E-state index contributed by atoms with van der Waals surface area (Å²) in [6.45, 7) is 0.584. The molecule has 0 heterocycles. The van der Waals surface area contributed by atoms with Crippen molar-refractivity contribution in [2.45, 2.75) is 24.9 Å². The first kappa shape index (κ1) is 14.6. The maximum absolute atomic E-state index is 5.97. The van der Waals surface area contributed by atoms with E-state index in [2.05, 4.69) is 27.9 Å². The Kier molecular flexibility index (Phi) is 4.71. The van der Waals surface area contributed by atoms with Crippen molar-refractivity contribution in [3.8, 4) is 11.5 Å². The standard InChI is InChI=1S/C14H21BrN2O2/c1-17(9-4-5-9)12(8-16)10-6-13(18-2)14(19-3)7-11(10)15/h6-7,9,12H,4-5,8,16H2,1-3H3. The minimum atomic E-state index is 0.196. The van der Waals surface area contributed by atoms with Crippen LogP contribution in [0.5, 0.6) is 11.5 Å². The van der Waals surface area contributed by atoms with Crippen LogP contribution in [0.3, 0.4) is 0 Å². The Labute approximate surface area is 123 Å². The third kappa shape index (κ3) is 3.04. The summed E-state index contributed by atoms with van der Waals surface area (Å²) >= 11 is 3.61. The summed E-state index contributed by atoms with van der Waals surface area (Å²) in [5, 5.41) is 0. The largest absolute Gasteiger partial charge is 0.493 e. The highest BCUT2D eigenvalue weighted by Crippen LogP contribution is 2.39. The first-order valence-corrected chi connectivity index (χ1v) is 7.25. The second-order valence-corrected chi connectivity index (χ2v) is 5.73. The Morgan fingerprint density at radius 1 is 1.32 bits per heavy atom. The second kappa shape index (κ2) is 6.11. The van der Waals surface area contributed by atoms with Crippen molar-refractivity contribution in [1.82, 2.24) is 4.90 Å². The molecule has 1 aromatic rings. The van der Waals surface area contributed by atoms with Crippen molar-refractivity contribution in [3.05, 3.63) is 22.2 Å². The number of hydrogen-bond acceptors (Lipinski definition) is 4. The van der Waals surface area contributed by atoms with E-state index in [1.807, 2.05) is 12.1 Å². The summed E-state index contributed by atoms with van der Waals surface area (Å²) in [6, 6.07) is 4.81. The van der Waals surface area contributed by atoms with Crippen LogP contribution in [0.1, 0.15) is 24.4 Å². The van der Waals surface area contributed by atoms with Gasteiger partial charge in [-0.25, -0.2) is 0 Å². The summed E-state index contributed by atoms with van der Waals surface area (Å²) in [7, 11) is 5.43. The Hall–Kier alpha value is -0.780. The summed E-state index contributed by atoms with van der Waals surface area (Å²) in [4.78, 5) is 2.35. The fraction of sp³-hybridized carbons (Fsp3) is 0.571. The van der Waals surface area contributed by atoms with Gasteiger partial charge in [-0.2, -0.15) is 0 Å². The molecule has 0 radical (unpaired) electrons. The molecule has 2 rings (SSSR count). The van der Waals surface area contributed by atoms with E-state index in [1.165, 1.54) is 12.8 Å². The summed E-state index contributed by atoms with van der Waals surface area (Å²) < 4.78 is 11.7. The van der Waals surface area contributed by atoms with Crippen LogP contribution in [-0.2, 0) is 0 Å². The van der Waals surface area contributed by atoms with Crippen LogP contribution >= 0.6 is 15.9 Å². The van der Waals surface area contributed by atoms with Gasteiger partial charge in [0.05, 0.1) is 14.2 Å². The number of nitrogens with two attached hydrogens (primary N) is 1. The molecule has 4 nitrogen and oxygen atoms in total. The van der Waals surface area contributed by atoms with Gasteiger partial charge >= 0.3 is 0 Å². The highest BCUT2D eigenvalue weighted by Gasteiger charge is 2.32. The van der Waals surface area contributed by atoms with Crippen LogP contribution in [0.25, 0.3) is 0 Å². The van der Waals surface area contributed by atoms with Crippen LogP contribution in [0.2, 0.25) is 0 Å². The molecule has 1 unspecified atom stereocenters. The lowest BCUT2D eigenvalue weighted by Crippen LogP contribution is -2.32. The summed E-state index contributed by atoms with van der Waals surface area (Å²) in [6.07, 6.45) is 2.52. The molecule has 5 heteroatoms. The van der Waals surface area contributed by atoms with Crippen molar-refractivity contribution in [3.63, 3.8) is 0 Å². The molecule has 1 aromatic carbocycles. The first-order chi connectivity index (χ1) is 9.12. The summed E-state index contributed by atoms with van der Waals surface area (Å²) in [5.41, 5.74) is 7.12. The van der Waals surface area contributed by atoms with Crippen molar-refractivity contribution in [2.75, 3.05) is 27.8 Å². The molecule has 106 valence electrons. The number of halogens is 1. The topological polar surface area (TPSA) is 47.7 Å². The van der Waals surface area contributed by atoms with Gasteiger partial charge in [0, 0.05) is 23.1 Å². The lowest BCUT2D eigenvalue weighted by molar-refractivity contribution is 0.238.